The van der Waals surface area contributed by atoms with Gasteiger partial charge >= 0.3 is 0 Å². The number of benzene rings is 4. The van der Waals surface area contributed by atoms with Gasteiger partial charge in [-0.1, -0.05) is 42.0 Å². The highest BCUT2D eigenvalue weighted by molar-refractivity contribution is 7.92. The predicted octanol–water partition coefficient (Wildman–Crippen LogP) is 6.91. The van der Waals surface area contributed by atoms with Crippen molar-refractivity contribution in [2.24, 2.45) is 0 Å². The summed E-state index contributed by atoms with van der Waals surface area (Å²) in [6, 6.07) is 25.2. The number of amides is 1. The number of halogens is 1. The van der Waals surface area contributed by atoms with Crippen LogP contribution in [0.1, 0.15) is 15.9 Å². The van der Waals surface area contributed by atoms with Gasteiger partial charge in [-0.25, -0.2) is 12.8 Å². The Morgan fingerprint density at radius 3 is 2.38 bits per heavy atom. The van der Waals surface area contributed by atoms with Crippen molar-refractivity contribution in [2.75, 3.05) is 24.7 Å². The predicted molar refractivity (Wildman–Crippen MR) is 165 cm³/mol. The van der Waals surface area contributed by atoms with E-state index in [-0.39, 0.29) is 11.7 Å². The Morgan fingerprint density at radius 1 is 0.952 bits per heavy atom. The van der Waals surface area contributed by atoms with Gasteiger partial charge in [0.2, 0.25) is 10.0 Å². The number of aromatic nitrogens is 1. The number of rotatable bonds is 6. The number of fused-ring (bicyclic) bond motifs is 2. The minimum absolute atomic E-state index is 0.317. The van der Waals surface area contributed by atoms with Crippen LogP contribution in [0.4, 0.5) is 10.1 Å². The van der Waals surface area contributed by atoms with Crippen molar-refractivity contribution in [1.29, 1.82) is 0 Å². The van der Waals surface area contributed by atoms with E-state index in [0.717, 1.165) is 33.8 Å². The van der Waals surface area contributed by atoms with Gasteiger partial charge in [-0.15, -0.1) is 0 Å². The Hall–Kier alpha value is -4.89. The lowest BCUT2D eigenvalue weighted by Gasteiger charge is -2.21. The first-order valence-corrected chi connectivity index (χ1v) is 15.1. The van der Waals surface area contributed by atoms with Gasteiger partial charge in [0, 0.05) is 53.9 Å². The highest BCUT2D eigenvalue weighted by Crippen LogP contribution is 2.42. The second-order valence-corrected chi connectivity index (χ2v) is 12.3. The van der Waals surface area contributed by atoms with E-state index in [4.69, 9.17) is 4.42 Å². The maximum Gasteiger partial charge on any atom is 0.255 e. The average molecular weight is 582 g/mol. The van der Waals surface area contributed by atoms with Gasteiger partial charge in [0.1, 0.15) is 17.2 Å². The van der Waals surface area contributed by atoms with E-state index >= 15 is 0 Å². The number of aryl methyl sites for hydroxylation is 1. The summed E-state index contributed by atoms with van der Waals surface area (Å²) in [4.78, 5) is 13.2. The van der Waals surface area contributed by atoms with Gasteiger partial charge in [-0.2, -0.15) is 0 Å². The summed E-state index contributed by atoms with van der Waals surface area (Å²) in [7, 11) is -0.594. The van der Waals surface area contributed by atoms with Crippen molar-refractivity contribution < 1.29 is 22.0 Å². The van der Waals surface area contributed by atoms with Crippen LogP contribution < -0.4 is 9.62 Å². The number of hydrogen-bond donors (Lipinski definition) is 1. The summed E-state index contributed by atoms with van der Waals surface area (Å²) in [5, 5.41) is 4.15. The van der Waals surface area contributed by atoms with Crippen molar-refractivity contribution in [2.45, 2.75) is 6.92 Å². The molecule has 0 fully saturated rings. The maximum absolute atomic E-state index is 13.9. The second-order valence-electron chi connectivity index (χ2n) is 10.3. The molecule has 0 unspecified atom stereocenters. The summed E-state index contributed by atoms with van der Waals surface area (Å²) in [6.07, 6.45) is 3.00. The number of nitrogens with one attached hydrogen (secondary N) is 1. The fraction of sp³-hybridized carbons (Fsp3) is 0.121. The smallest absolute Gasteiger partial charge is 0.255 e. The molecule has 6 rings (SSSR count). The Kier molecular flexibility index (Phi) is 6.62. The van der Waals surface area contributed by atoms with E-state index in [2.05, 4.69) is 5.32 Å². The molecular weight excluding hydrogens is 553 g/mol. The van der Waals surface area contributed by atoms with Gasteiger partial charge in [-0.05, 0) is 55.0 Å². The molecule has 1 amide bonds. The molecule has 0 aliphatic heterocycles. The maximum atomic E-state index is 13.9. The molecule has 0 spiro atoms. The zero-order valence-electron chi connectivity index (χ0n) is 23.5. The molecule has 0 saturated carbocycles. The van der Waals surface area contributed by atoms with Crippen molar-refractivity contribution in [3.05, 3.63) is 108 Å². The molecule has 1 N–H and O–H groups in total. The zero-order chi connectivity index (χ0) is 29.8. The first-order valence-electron chi connectivity index (χ1n) is 13.3. The van der Waals surface area contributed by atoms with E-state index in [0.29, 0.717) is 39.2 Å². The molecule has 7 nitrogen and oxygen atoms in total. The SMILES string of the molecule is CNC(=O)c1c(-c2ccc(C)cc2)oc2cc(N(C)S(C)(=O)=O)c(-c3ccc4c(ccn4-c4cccc(F)c4)c3)cc12. The molecule has 42 heavy (non-hydrogen) atoms. The highest BCUT2D eigenvalue weighted by atomic mass is 32.2. The zero-order valence-corrected chi connectivity index (χ0v) is 24.3. The summed E-state index contributed by atoms with van der Waals surface area (Å²) >= 11 is 0. The van der Waals surface area contributed by atoms with Gasteiger partial charge in [0.15, 0.2) is 0 Å². The largest absolute Gasteiger partial charge is 0.455 e. The number of carbonyl (C=O) groups excluding carboxylic acids is 1. The van der Waals surface area contributed by atoms with E-state index in [9.17, 15) is 17.6 Å². The third-order valence-electron chi connectivity index (χ3n) is 7.50. The number of hydrogen-bond acceptors (Lipinski definition) is 4. The van der Waals surface area contributed by atoms with Gasteiger partial charge < -0.3 is 14.3 Å². The number of sulfonamides is 1. The second kappa shape index (κ2) is 10.2. The normalized spacial score (nSPS) is 11.7. The lowest BCUT2D eigenvalue weighted by atomic mass is 9.97. The minimum Gasteiger partial charge on any atom is -0.455 e. The molecule has 0 aliphatic carbocycles. The monoisotopic (exact) mass is 581 g/mol. The molecule has 0 bridgehead atoms. The van der Waals surface area contributed by atoms with E-state index in [1.807, 2.05) is 78.4 Å². The Labute approximate surface area is 242 Å². The topological polar surface area (TPSA) is 84.6 Å². The van der Waals surface area contributed by atoms with Crippen LogP contribution in [0, 0.1) is 12.7 Å². The fourth-order valence-electron chi connectivity index (χ4n) is 5.22. The molecule has 0 atom stereocenters. The quantitative estimate of drug-likeness (QED) is 0.232. The summed E-state index contributed by atoms with van der Waals surface area (Å²) in [5.41, 5.74) is 5.86. The average Bonchev–Trinajstić information content (AvgIpc) is 3.56. The third kappa shape index (κ3) is 4.71. The van der Waals surface area contributed by atoms with Crippen molar-refractivity contribution in [1.82, 2.24) is 9.88 Å². The van der Waals surface area contributed by atoms with Crippen LogP contribution >= 0.6 is 0 Å². The first-order chi connectivity index (χ1) is 20.0. The number of anilines is 1. The number of nitrogens with zero attached hydrogens (tertiary/aromatic N) is 2. The van der Waals surface area contributed by atoms with Gasteiger partial charge in [-0.3, -0.25) is 9.10 Å². The van der Waals surface area contributed by atoms with Crippen LogP contribution in [0.15, 0.2) is 95.5 Å². The molecular formula is C33H28FN3O4S. The van der Waals surface area contributed by atoms with Crippen molar-refractivity contribution in [3.8, 4) is 28.1 Å². The first kappa shape index (κ1) is 27.3. The van der Waals surface area contributed by atoms with Crippen molar-refractivity contribution >= 4 is 43.5 Å². The number of furan rings is 1. The standard InChI is InChI=1S/C33H28FN3O4S/c1-20-8-10-21(11-9-20)32-31(33(38)35-2)27-18-26(29(19-30(27)41-32)36(3)42(4,39)40)22-12-13-28-23(16-22)14-15-37(28)25-7-5-6-24(34)17-25/h5-19H,1-4H3,(H,35,38). The van der Waals surface area contributed by atoms with Crippen LogP contribution in [-0.4, -0.2) is 39.2 Å². The van der Waals surface area contributed by atoms with Crippen LogP contribution in [-0.2, 0) is 10.0 Å². The lowest BCUT2D eigenvalue weighted by Crippen LogP contribution is -2.25. The molecule has 6 aromatic rings. The fourth-order valence-corrected chi connectivity index (χ4v) is 5.73. The molecule has 2 heterocycles. The van der Waals surface area contributed by atoms with E-state index in [1.54, 1.807) is 19.2 Å². The molecule has 0 radical (unpaired) electrons. The van der Waals surface area contributed by atoms with Crippen LogP contribution in [0.2, 0.25) is 0 Å². The van der Waals surface area contributed by atoms with Gasteiger partial charge in [0.05, 0.1) is 23.0 Å². The van der Waals surface area contributed by atoms with Gasteiger partial charge in [0.25, 0.3) is 5.91 Å². The Morgan fingerprint density at radius 2 is 1.69 bits per heavy atom. The minimum atomic E-state index is -3.64. The van der Waals surface area contributed by atoms with Crippen molar-refractivity contribution in [3.63, 3.8) is 0 Å². The summed E-state index contributed by atoms with van der Waals surface area (Å²) < 4.78 is 48.7. The van der Waals surface area contributed by atoms with E-state index < -0.39 is 10.0 Å². The molecule has 9 heteroatoms. The third-order valence-corrected chi connectivity index (χ3v) is 8.69. The molecule has 212 valence electrons. The Bertz CT molecular complexity index is 2110. The Balaban J connectivity index is 1.60. The van der Waals surface area contributed by atoms with E-state index in [1.165, 1.54) is 23.5 Å². The van der Waals surface area contributed by atoms with Crippen LogP contribution in [0.25, 0.3) is 50.0 Å². The summed E-state index contributed by atoms with van der Waals surface area (Å²) in [6.45, 7) is 1.98. The molecule has 0 saturated heterocycles. The number of carbonyl (C=O) groups is 1. The molecule has 4 aromatic carbocycles. The molecule has 2 aromatic heterocycles. The van der Waals surface area contributed by atoms with Crippen LogP contribution in [0.3, 0.4) is 0 Å². The molecule has 0 aliphatic rings. The summed E-state index contributed by atoms with van der Waals surface area (Å²) in [5.74, 6) is -0.246. The highest BCUT2D eigenvalue weighted by Gasteiger charge is 2.26. The van der Waals surface area contributed by atoms with Crippen LogP contribution in [0.5, 0.6) is 0 Å². The lowest BCUT2D eigenvalue weighted by molar-refractivity contribution is 0.0964.